The first-order chi connectivity index (χ1) is 11.9. The molecule has 1 aromatic carbocycles. The minimum atomic E-state index is -0.947. The number of hydrogen-bond acceptors (Lipinski definition) is 3. The summed E-state index contributed by atoms with van der Waals surface area (Å²) in [5.41, 5.74) is 3.70. The normalized spacial score (nSPS) is 36.5. The molecule has 1 aromatic rings. The standard InChI is InChI=1S/C22H28O3/c1-4-11-22(24)13-21(2)18(9-10-19(21)23)17-7-5-14-12-15(25-3)6-8-16(14)20(17)22/h4,6,8,12,18-19,23-24H,1,5,7,9-11,13H2,2-3H3/t18-,19-,21-,22?/m0/s1. The van der Waals surface area contributed by atoms with Crippen molar-refractivity contribution in [3.05, 3.63) is 47.6 Å². The van der Waals surface area contributed by atoms with Gasteiger partial charge in [0, 0.05) is 5.41 Å². The van der Waals surface area contributed by atoms with E-state index in [9.17, 15) is 10.2 Å². The Morgan fingerprint density at radius 1 is 1.32 bits per heavy atom. The molecule has 134 valence electrons. The molecule has 0 aromatic heterocycles. The number of aliphatic hydroxyl groups excluding tert-OH is 1. The lowest BCUT2D eigenvalue weighted by Gasteiger charge is -2.51. The van der Waals surface area contributed by atoms with Crippen LogP contribution in [-0.2, 0) is 6.42 Å². The van der Waals surface area contributed by atoms with Crippen LogP contribution in [0.3, 0.4) is 0 Å². The van der Waals surface area contributed by atoms with Gasteiger partial charge < -0.3 is 14.9 Å². The molecule has 0 spiro atoms. The second-order valence-electron chi connectivity index (χ2n) is 8.28. The number of methoxy groups -OCH3 is 1. The summed E-state index contributed by atoms with van der Waals surface area (Å²) in [6.07, 6.45) is 6.38. The molecule has 3 nitrogen and oxygen atoms in total. The summed E-state index contributed by atoms with van der Waals surface area (Å²) >= 11 is 0. The molecule has 0 bridgehead atoms. The van der Waals surface area contributed by atoms with Crippen molar-refractivity contribution in [2.45, 2.75) is 57.2 Å². The number of allylic oxidation sites excluding steroid dienone is 1. The van der Waals surface area contributed by atoms with E-state index in [4.69, 9.17) is 4.74 Å². The topological polar surface area (TPSA) is 49.7 Å². The zero-order valence-corrected chi connectivity index (χ0v) is 15.2. The number of rotatable bonds is 3. The first-order valence-electron chi connectivity index (χ1n) is 9.35. The third kappa shape index (κ3) is 2.32. The molecule has 2 N–H and O–H groups in total. The smallest absolute Gasteiger partial charge is 0.119 e. The molecule has 3 heteroatoms. The van der Waals surface area contributed by atoms with Gasteiger partial charge in [0.1, 0.15) is 5.75 Å². The van der Waals surface area contributed by atoms with E-state index < -0.39 is 5.60 Å². The fourth-order valence-electron chi connectivity index (χ4n) is 5.77. The first-order valence-corrected chi connectivity index (χ1v) is 9.35. The lowest BCUT2D eigenvalue weighted by molar-refractivity contribution is -0.0328. The summed E-state index contributed by atoms with van der Waals surface area (Å²) in [4.78, 5) is 0. The van der Waals surface area contributed by atoms with Crippen LogP contribution in [-0.4, -0.2) is 29.0 Å². The van der Waals surface area contributed by atoms with Crippen molar-refractivity contribution >= 4 is 5.57 Å². The third-order valence-corrected chi connectivity index (χ3v) is 6.89. The van der Waals surface area contributed by atoms with Crippen LogP contribution < -0.4 is 4.74 Å². The van der Waals surface area contributed by atoms with E-state index in [0.29, 0.717) is 18.8 Å². The van der Waals surface area contributed by atoms with Gasteiger partial charge in [-0.15, -0.1) is 6.58 Å². The average Bonchev–Trinajstić information content (AvgIpc) is 2.88. The molecule has 1 fully saturated rings. The molecular formula is C22H28O3. The Labute approximate surface area is 150 Å². The molecule has 0 aliphatic heterocycles. The Morgan fingerprint density at radius 2 is 2.12 bits per heavy atom. The maximum atomic E-state index is 11.7. The fourth-order valence-corrected chi connectivity index (χ4v) is 5.77. The Kier molecular flexibility index (Phi) is 3.86. The second kappa shape index (κ2) is 5.72. The highest BCUT2D eigenvalue weighted by Gasteiger charge is 2.57. The number of aliphatic hydroxyl groups is 2. The van der Waals surface area contributed by atoms with Gasteiger partial charge in [0.2, 0.25) is 0 Å². The van der Waals surface area contributed by atoms with E-state index in [2.05, 4.69) is 25.6 Å². The van der Waals surface area contributed by atoms with Gasteiger partial charge in [0.25, 0.3) is 0 Å². The van der Waals surface area contributed by atoms with Crippen LogP contribution in [0.15, 0.2) is 36.4 Å². The van der Waals surface area contributed by atoms with Crippen molar-refractivity contribution in [1.29, 1.82) is 0 Å². The van der Waals surface area contributed by atoms with E-state index in [0.717, 1.165) is 42.6 Å². The highest BCUT2D eigenvalue weighted by atomic mass is 16.5. The maximum absolute atomic E-state index is 11.7. The van der Waals surface area contributed by atoms with Gasteiger partial charge >= 0.3 is 0 Å². The largest absolute Gasteiger partial charge is 0.497 e. The first kappa shape index (κ1) is 16.9. The van der Waals surface area contributed by atoms with Crippen molar-refractivity contribution in [2.75, 3.05) is 7.11 Å². The summed E-state index contributed by atoms with van der Waals surface area (Å²) in [6, 6.07) is 6.19. The van der Waals surface area contributed by atoms with Gasteiger partial charge in [-0.1, -0.05) is 24.6 Å². The van der Waals surface area contributed by atoms with Crippen LogP contribution in [0.1, 0.15) is 50.2 Å². The van der Waals surface area contributed by atoms with E-state index in [-0.39, 0.29) is 11.5 Å². The number of aryl methyl sites for hydroxylation is 1. The van der Waals surface area contributed by atoms with Crippen molar-refractivity contribution in [3.8, 4) is 5.75 Å². The average molecular weight is 340 g/mol. The quantitative estimate of drug-likeness (QED) is 0.821. The molecule has 1 saturated carbocycles. The predicted octanol–water partition coefficient (Wildman–Crippen LogP) is 3.88. The Hall–Kier alpha value is -1.58. The fraction of sp³-hybridized carbons (Fsp3) is 0.545. The van der Waals surface area contributed by atoms with Crippen LogP contribution >= 0.6 is 0 Å². The Balaban J connectivity index is 1.92. The van der Waals surface area contributed by atoms with Crippen molar-refractivity contribution in [1.82, 2.24) is 0 Å². The number of ether oxygens (including phenoxy) is 1. The molecule has 0 amide bonds. The van der Waals surface area contributed by atoms with E-state index >= 15 is 0 Å². The zero-order chi connectivity index (χ0) is 17.8. The molecule has 0 heterocycles. The SMILES string of the molecule is C=CCC1(O)C[C@]2(C)[C@@H](O)CC[C@H]2C2=C1c1ccc(OC)cc1CC2. The summed E-state index contributed by atoms with van der Waals surface area (Å²) in [5.74, 6) is 1.24. The van der Waals surface area contributed by atoms with Crippen LogP contribution in [0, 0.1) is 11.3 Å². The predicted molar refractivity (Wildman–Crippen MR) is 99.5 cm³/mol. The summed E-state index contributed by atoms with van der Waals surface area (Å²) in [7, 11) is 1.69. The zero-order valence-electron chi connectivity index (χ0n) is 15.2. The molecule has 3 aliphatic rings. The summed E-state index contributed by atoms with van der Waals surface area (Å²) in [5, 5.41) is 22.4. The van der Waals surface area contributed by atoms with Crippen LogP contribution in [0.2, 0.25) is 0 Å². The van der Waals surface area contributed by atoms with Crippen molar-refractivity contribution in [3.63, 3.8) is 0 Å². The summed E-state index contributed by atoms with van der Waals surface area (Å²) in [6.45, 7) is 6.05. The van der Waals surface area contributed by atoms with Crippen LogP contribution in [0.25, 0.3) is 5.57 Å². The lowest BCUT2D eigenvalue weighted by atomic mass is 9.56. The van der Waals surface area contributed by atoms with Crippen molar-refractivity contribution < 1.29 is 14.9 Å². The van der Waals surface area contributed by atoms with Gasteiger partial charge in [-0.2, -0.15) is 0 Å². The van der Waals surface area contributed by atoms with Crippen LogP contribution in [0.4, 0.5) is 0 Å². The third-order valence-electron chi connectivity index (χ3n) is 6.89. The van der Waals surface area contributed by atoms with Crippen molar-refractivity contribution in [2.24, 2.45) is 11.3 Å². The lowest BCUT2D eigenvalue weighted by Crippen LogP contribution is -2.49. The summed E-state index contributed by atoms with van der Waals surface area (Å²) < 4.78 is 5.39. The molecule has 25 heavy (non-hydrogen) atoms. The van der Waals surface area contributed by atoms with E-state index in [1.807, 2.05) is 12.1 Å². The Morgan fingerprint density at radius 3 is 2.84 bits per heavy atom. The van der Waals surface area contributed by atoms with Gasteiger partial charge in [-0.25, -0.2) is 0 Å². The number of fused-ring (bicyclic) bond motifs is 4. The van der Waals surface area contributed by atoms with Crippen LogP contribution in [0.5, 0.6) is 5.75 Å². The van der Waals surface area contributed by atoms with Gasteiger partial charge in [-0.05, 0) is 73.3 Å². The molecule has 4 rings (SSSR count). The van der Waals surface area contributed by atoms with Gasteiger partial charge in [-0.3, -0.25) is 0 Å². The molecule has 4 atom stereocenters. The van der Waals surface area contributed by atoms with E-state index in [1.165, 1.54) is 11.1 Å². The molecule has 0 radical (unpaired) electrons. The maximum Gasteiger partial charge on any atom is 0.119 e. The van der Waals surface area contributed by atoms with E-state index in [1.54, 1.807) is 7.11 Å². The number of benzene rings is 1. The minimum absolute atomic E-state index is 0.236. The van der Waals surface area contributed by atoms with Gasteiger partial charge in [0.05, 0.1) is 18.8 Å². The highest BCUT2D eigenvalue weighted by Crippen LogP contribution is 2.61. The second-order valence-corrected chi connectivity index (χ2v) is 8.28. The molecule has 0 saturated heterocycles. The molecule has 3 aliphatic carbocycles. The number of hydrogen-bond donors (Lipinski definition) is 2. The minimum Gasteiger partial charge on any atom is -0.497 e. The van der Waals surface area contributed by atoms with Gasteiger partial charge in [0.15, 0.2) is 0 Å². The highest BCUT2D eigenvalue weighted by molar-refractivity contribution is 5.81. The monoisotopic (exact) mass is 340 g/mol. The Bertz CT molecular complexity index is 750. The molecule has 1 unspecified atom stereocenters. The molecular weight excluding hydrogens is 312 g/mol.